The molecule has 2 N–H and O–H groups in total. The van der Waals surface area contributed by atoms with Crippen molar-refractivity contribution in [3.8, 4) is 0 Å². The van der Waals surface area contributed by atoms with E-state index in [1.165, 1.54) is 36.4 Å². The maximum Gasteiger partial charge on any atom is 0.270 e. The van der Waals surface area contributed by atoms with E-state index in [4.69, 9.17) is 0 Å². The molecule has 2 amide bonds. The minimum Gasteiger partial charge on any atom is -0.343 e. The van der Waals surface area contributed by atoms with Crippen molar-refractivity contribution in [1.82, 2.24) is 5.32 Å². The molecule has 0 fully saturated rings. The van der Waals surface area contributed by atoms with Gasteiger partial charge in [0.05, 0.1) is 11.5 Å². The van der Waals surface area contributed by atoms with Crippen molar-refractivity contribution in [3.05, 3.63) is 69.5 Å². The van der Waals surface area contributed by atoms with Crippen molar-refractivity contribution < 1.29 is 18.9 Å². The number of hydrogen-bond acceptors (Lipinski definition) is 4. The lowest BCUT2D eigenvalue weighted by Gasteiger charge is -2.09. The number of nitro groups is 1. The van der Waals surface area contributed by atoms with Crippen molar-refractivity contribution in [3.63, 3.8) is 0 Å². The summed E-state index contributed by atoms with van der Waals surface area (Å²) in [5.41, 5.74) is 0.834. The summed E-state index contributed by atoms with van der Waals surface area (Å²) >= 11 is 0. The second kappa shape index (κ2) is 7.32. The Hall–Kier alpha value is -3.29. The number of amides is 2. The van der Waals surface area contributed by atoms with E-state index in [2.05, 4.69) is 10.6 Å². The van der Waals surface area contributed by atoms with Crippen LogP contribution in [0.2, 0.25) is 0 Å². The molecule has 0 radical (unpaired) electrons. The fourth-order valence-corrected chi connectivity index (χ4v) is 1.95. The van der Waals surface area contributed by atoms with Gasteiger partial charge in [0.1, 0.15) is 5.82 Å². The fourth-order valence-electron chi connectivity index (χ4n) is 1.95. The molecule has 0 bridgehead atoms. The van der Waals surface area contributed by atoms with Crippen LogP contribution in [0.3, 0.4) is 0 Å². The van der Waals surface area contributed by atoms with Gasteiger partial charge in [0.25, 0.3) is 11.6 Å². The maximum atomic E-state index is 13.2. The van der Waals surface area contributed by atoms with Gasteiger partial charge in [-0.3, -0.25) is 19.7 Å². The number of hydrogen-bond donors (Lipinski definition) is 2. The number of benzene rings is 2. The van der Waals surface area contributed by atoms with Crippen LogP contribution < -0.4 is 10.6 Å². The fraction of sp³-hybridized carbons (Fsp3) is 0.125. The molecule has 0 heterocycles. The molecule has 0 aromatic heterocycles. The summed E-state index contributed by atoms with van der Waals surface area (Å²) in [6.07, 6.45) is 0. The van der Waals surface area contributed by atoms with Crippen molar-refractivity contribution in [2.24, 2.45) is 0 Å². The number of halogens is 1. The number of rotatable bonds is 5. The van der Waals surface area contributed by atoms with Gasteiger partial charge in [-0.2, -0.15) is 0 Å². The van der Waals surface area contributed by atoms with Crippen LogP contribution in [0, 0.1) is 22.9 Å². The zero-order valence-electron chi connectivity index (χ0n) is 12.7. The molecule has 2 aromatic rings. The number of aryl methyl sites for hydroxylation is 1. The highest BCUT2D eigenvalue weighted by atomic mass is 19.1. The largest absolute Gasteiger partial charge is 0.343 e. The predicted octanol–water partition coefficient (Wildman–Crippen LogP) is 2.41. The Morgan fingerprint density at radius 2 is 1.96 bits per heavy atom. The van der Waals surface area contributed by atoms with E-state index in [0.717, 1.165) is 6.07 Å². The highest BCUT2D eigenvalue weighted by Crippen LogP contribution is 2.16. The van der Waals surface area contributed by atoms with Gasteiger partial charge < -0.3 is 10.6 Å². The molecular weight excluding hydrogens is 317 g/mol. The van der Waals surface area contributed by atoms with Crippen molar-refractivity contribution in [2.75, 3.05) is 11.9 Å². The number of carbonyl (C=O) groups is 2. The lowest BCUT2D eigenvalue weighted by molar-refractivity contribution is -0.384. The second-order valence-electron chi connectivity index (χ2n) is 5.00. The molecule has 8 heteroatoms. The topological polar surface area (TPSA) is 101 Å². The summed E-state index contributed by atoms with van der Waals surface area (Å²) in [5.74, 6) is -1.65. The molecule has 0 saturated carbocycles. The SMILES string of the molecule is Cc1ccc(F)cc1NC(=O)CNC(=O)c1cccc([N+](=O)[O-])c1. The van der Waals surface area contributed by atoms with Crippen LogP contribution in [0.4, 0.5) is 15.8 Å². The number of nitrogens with one attached hydrogen (secondary N) is 2. The third-order valence-corrected chi connectivity index (χ3v) is 3.20. The standard InChI is InChI=1S/C16H14FN3O4/c1-10-5-6-12(17)8-14(10)19-15(21)9-18-16(22)11-3-2-4-13(7-11)20(23)24/h2-8H,9H2,1H3,(H,18,22)(H,19,21). The van der Waals surface area contributed by atoms with Gasteiger partial charge in [0, 0.05) is 23.4 Å². The summed E-state index contributed by atoms with van der Waals surface area (Å²) in [5, 5.41) is 15.5. The summed E-state index contributed by atoms with van der Waals surface area (Å²) in [6.45, 7) is 1.36. The average Bonchev–Trinajstić information content (AvgIpc) is 2.56. The van der Waals surface area contributed by atoms with Crippen molar-refractivity contribution >= 4 is 23.2 Å². The molecule has 124 valence electrons. The zero-order valence-corrected chi connectivity index (χ0v) is 12.7. The second-order valence-corrected chi connectivity index (χ2v) is 5.00. The van der Waals surface area contributed by atoms with Gasteiger partial charge in [-0.1, -0.05) is 12.1 Å². The van der Waals surface area contributed by atoms with Crippen LogP contribution >= 0.6 is 0 Å². The third kappa shape index (κ3) is 4.35. The quantitative estimate of drug-likeness (QED) is 0.649. The lowest BCUT2D eigenvalue weighted by atomic mass is 10.2. The van der Waals surface area contributed by atoms with Gasteiger partial charge in [0.2, 0.25) is 5.91 Å². The van der Waals surface area contributed by atoms with E-state index < -0.39 is 22.6 Å². The third-order valence-electron chi connectivity index (χ3n) is 3.20. The van der Waals surface area contributed by atoms with Gasteiger partial charge in [-0.25, -0.2) is 4.39 Å². The summed E-state index contributed by atoms with van der Waals surface area (Å²) in [4.78, 5) is 33.8. The summed E-state index contributed by atoms with van der Waals surface area (Å²) in [7, 11) is 0. The van der Waals surface area contributed by atoms with Crippen LogP contribution in [-0.2, 0) is 4.79 Å². The Bertz CT molecular complexity index is 808. The first-order valence-electron chi connectivity index (χ1n) is 6.95. The Balaban J connectivity index is 1.96. The molecular formula is C16H14FN3O4. The van der Waals surface area contributed by atoms with E-state index in [9.17, 15) is 24.1 Å². The Morgan fingerprint density at radius 1 is 1.21 bits per heavy atom. The highest BCUT2D eigenvalue weighted by molar-refractivity contribution is 5.99. The molecule has 2 aromatic carbocycles. The van der Waals surface area contributed by atoms with Crippen LogP contribution in [0.25, 0.3) is 0 Å². The average molecular weight is 331 g/mol. The van der Waals surface area contributed by atoms with E-state index in [1.807, 2.05) is 0 Å². The molecule has 0 atom stereocenters. The Labute approximate surface area is 136 Å². The van der Waals surface area contributed by atoms with E-state index in [1.54, 1.807) is 6.92 Å². The van der Waals surface area contributed by atoms with Crippen LogP contribution in [-0.4, -0.2) is 23.3 Å². The van der Waals surface area contributed by atoms with Crippen LogP contribution in [0.5, 0.6) is 0 Å². The van der Waals surface area contributed by atoms with E-state index in [0.29, 0.717) is 11.3 Å². The molecule has 0 aliphatic rings. The number of nitrogens with zero attached hydrogens (tertiary/aromatic N) is 1. The number of nitro benzene ring substituents is 1. The molecule has 0 spiro atoms. The minimum absolute atomic E-state index is 0.0685. The van der Waals surface area contributed by atoms with Gasteiger partial charge in [-0.15, -0.1) is 0 Å². The van der Waals surface area contributed by atoms with Crippen molar-refractivity contribution in [2.45, 2.75) is 6.92 Å². The normalized spacial score (nSPS) is 10.1. The van der Waals surface area contributed by atoms with Gasteiger partial charge >= 0.3 is 0 Å². The van der Waals surface area contributed by atoms with Crippen LogP contribution in [0.1, 0.15) is 15.9 Å². The van der Waals surface area contributed by atoms with Crippen molar-refractivity contribution in [1.29, 1.82) is 0 Å². The van der Waals surface area contributed by atoms with Gasteiger partial charge in [0.15, 0.2) is 0 Å². The van der Waals surface area contributed by atoms with E-state index >= 15 is 0 Å². The Morgan fingerprint density at radius 3 is 2.67 bits per heavy atom. The lowest BCUT2D eigenvalue weighted by Crippen LogP contribution is -2.33. The summed E-state index contributed by atoms with van der Waals surface area (Å²) < 4.78 is 13.2. The maximum absolute atomic E-state index is 13.2. The number of carbonyl (C=O) groups excluding carboxylic acids is 2. The molecule has 2 rings (SSSR count). The molecule has 24 heavy (non-hydrogen) atoms. The molecule has 0 aliphatic heterocycles. The van der Waals surface area contributed by atoms with Crippen LogP contribution in [0.15, 0.2) is 42.5 Å². The molecule has 7 nitrogen and oxygen atoms in total. The monoisotopic (exact) mass is 331 g/mol. The zero-order chi connectivity index (χ0) is 17.7. The first-order valence-corrected chi connectivity index (χ1v) is 6.95. The highest BCUT2D eigenvalue weighted by Gasteiger charge is 2.13. The number of anilines is 1. The van der Waals surface area contributed by atoms with Gasteiger partial charge in [-0.05, 0) is 30.7 Å². The molecule has 0 unspecified atom stereocenters. The Kier molecular flexibility index (Phi) is 5.20. The predicted molar refractivity (Wildman–Crippen MR) is 85.2 cm³/mol. The first-order chi connectivity index (χ1) is 11.4. The first kappa shape index (κ1) is 17.1. The molecule has 0 aliphatic carbocycles. The van der Waals surface area contributed by atoms with E-state index in [-0.39, 0.29) is 17.8 Å². The summed E-state index contributed by atoms with van der Waals surface area (Å²) in [6, 6.07) is 9.12. The molecule has 0 saturated heterocycles. The number of non-ortho nitro benzene ring substituents is 1. The minimum atomic E-state index is -0.621. The smallest absolute Gasteiger partial charge is 0.270 e.